The number of halogens is 3. The van der Waals surface area contributed by atoms with Crippen molar-refractivity contribution in [1.29, 1.82) is 0 Å². The normalized spacial score (nSPS) is 12.2. The Labute approximate surface area is 126 Å². The SMILES string of the molecule is Cc1cc(NS(=O)(=O)c2ccccc2)c(C)c(C(F)(F)F)c1. The van der Waals surface area contributed by atoms with Crippen LogP contribution < -0.4 is 4.72 Å². The number of aryl methyl sites for hydroxylation is 1. The van der Waals surface area contributed by atoms with Crippen molar-refractivity contribution in [2.75, 3.05) is 4.72 Å². The van der Waals surface area contributed by atoms with Gasteiger partial charge >= 0.3 is 6.18 Å². The van der Waals surface area contributed by atoms with E-state index in [4.69, 9.17) is 0 Å². The summed E-state index contributed by atoms with van der Waals surface area (Å²) in [7, 11) is -3.93. The second kappa shape index (κ2) is 5.64. The highest BCUT2D eigenvalue weighted by Crippen LogP contribution is 2.36. The summed E-state index contributed by atoms with van der Waals surface area (Å²) in [5.41, 5.74) is -0.754. The molecule has 0 heterocycles. The maximum Gasteiger partial charge on any atom is 0.416 e. The Bertz CT molecular complexity index is 784. The third-order valence-corrected chi connectivity index (χ3v) is 4.54. The Morgan fingerprint density at radius 2 is 1.59 bits per heavy atom. The molecule has 0 atom stereocenters. The summed E-state index contributed by atoms with van der Waals surface area (Å²) in [6.07, 6.45) is -4.54. The van der Waals surface area contributed by atoms with E-state index in [9.17, 15) is 21.6 Å². The highest BCUT2D eigenvalue weighted by Gasteiger charge is 2.33. The molecule has 0 saturated heterocycles. The summed E-state index contributed by atoms with van der Waals surface area (Å²) in [5, 5.41) is 0. The minimum Gasteiger partial charge on any atom is -0.279 e. The number of anilines is 1. The molecule has 0 aliphatic heterocycles. The highest BCUT2D eigenvalue weighted by atomic mass is 32.2. The maximum atomic E-state index is 13.0. The lowest BCUT2D eigenvalue weighted by atomic mass is 10.0. The number of hydrogen-bond acceptors (Lipinski definition) is 2. The Morgan fingerprint density at radius 1 is 1.00 bits per heavy atom. The van der Waals surface area contributed by atoms with E-state index in [1.807, 2.05) is 0 Å². The summed E-state index contributed by atoms with van der Waals surface area (Å²) < 4.78 is 65.7. The average Bonchev–Trinajstić information content (AvgIpc) is 2.42. The lowest BCUT2D eigenvalue weighted by molar-refractivity contribution is -0.138. The molecule has 0 aliphatic carbocycles. The summed E-state index contributed by atoms with van der Waals surface area (Å²) >= 11 is 0. The first-order valence-corrected chi connectivity index (χ1v) is 7.86. The van der Waals surface area contributed by atoms with Gasteiger partial charge in [-0.3, -0.25) is 4.72 Å². The Morgan fingerprint density at radius 3 is 2.14 bits per heavy atom. The average molecular weight is 329 g/mol. The van der Waals surface area contributed by atoms with Gasteiger partial charge in [-0.05, 0) is 49.2 Å². The van der Waals surface area contributed by atoms with Gasteiger partial charge in [-0.15, -0.1) is 0 Å². The van der Waals surface area contributed by atoms with Gasteiger partial charge in [-0.1, -0.05) is 18.2 Å². The van der Waals surface area contributed by atoms with Crippen LogP contribution >= 0.6 is 0 Å². The Balaban J connectivity index is 2.49. The molecule has 3 nitrogen and oxygen atoms in total. The fourth-order valence-electron chi connectivity index (χ4n) is 2.06. The minimum atomic E-state index is -4.54. The molecule has 118 valence electrons. The second-order valence-corrected chi connectivity index (χ2v) is 6.58. The molecule has 0 aromatic heterocycles. The first-order valence-electron chi connectivity index (χ1n) is 6.37. The lowest BCUT2D eigenvalue weighted by Crippen LogP contribution is -2.16. The van der Waals surface area contributed by atoms with Crippen molar-refractivity contribution in [3.63, 3.8) is 0 Å². The number of hydrogen-bond donors (Lipinski definition) is 1. The van der Waals surface area contributed by atoms with Crippen LogP contribution in [0.2, 0.25) is 0 Å². The zero-order valence-electron chi connectivity index (χ0n) is 11.9. The Kier molecular flexibility index (Phi) is 4.19. The van der Waals surface area contributed by atoms with Crippen molar-refractivity contribution < 1.29 is 21.6 Å². The smallest absolute Gasteiger partial charge is 0.279 e. The van der Waals surface area contributed by atoms with Crippen LogP contribution in [-0.2, 0) is 16.2 Å². The van der Waals surface area contributed by atoms with Crippen LogP contribution in [0.3, 0.4) is 0 Å². The summed E-state index contributed by atoms with van der Waals surface area (Å²) in [4.78, 5) is -0.00975. The molecule has 1 N–H and O–H groups in total. The molecule has 0 saturated carbocycles. The van der Waals surface area contributed by atoms with E-state index in [0.717, 1.165) is 6.07 Å². The predicted octanol–water partition coefficient (Wildman–Crippen LogP) is 4.12. The standard InChI is InChI=1S/C15H14F3NO2S/c1-10-8-13(15(16,17)18)11(2)14(9-10)19-22(20,21)12-6-4-3-5-7-12/h3-9,19H,1-2H3. The van der Waals surface area contributed by atoms with Crippen LogP contribution in [0.15, 0.2) is 47.4 Å². The first-order chi connectivity index (χ1) is 10.1. The summed E-state index contributed by atoms with van der Waals surface area (Å²) in [6.45, 7) is 2.72. The quantitative estimate of drug-likeness (QED) is 0.920. The zero-order chi connectivity index (χ0) is 16.5. The van der Waals surface area contributed by atoms with Crippen LogP contribution in [0, 0.1) is 13.8 Å². The van der Waals surface area contributed by atoms with E-state index >= 15 is 0 Å². The second-order valence-electron chi connectivity index (χ2n) is 4.90. The van der Waals surface area contributed by atoms with Crippen molar-refractivity contribution in [3.8, 4) is 0 Å². The molecular formula is C15H14F3NO2S. The molecular weight excluding hydrogens is 315 g/mol. The van der Waals surface area contributed by atoms with E-state index in [1.165, 1.54) is 32.0 Å². The van der Waals surface area contributed by atoms with Crippen LogP contribution in [0.25, 0.3) is 0 Å². The molecule has 0 spiro atoms. The summed E-state index contributed by atoms with van der Waals surface area (Å²) in [6, 6.07) is 9.85. The van der Waals surface area contributed by atoms with Gasteiger partial charge in [-0.25, -0.2) is 8.42 Å². The first kappa shape index (κ1) is 16.4. The zero-order valence-corrected chi connectivity index (χ0v) is 12.7. The van der Waals surface area contributed by atoms with E-state index in [0.29, 0.717) is 5.56 Å². The van der Waals surface area contributed by atoms with Gasteiger partial charge in [-0.2, -0.15) is 13.2 Å². The number of benzene rings is 2. The predicted molar refractivity (Wildman–Crippen MR) is 78.2 cm³/mol. The monoisotopic (exact) mass is 329 g/mol. The molecule has 0 aliphatic rings. The molecule has 0 radical (unpaired) electrons. The topological polar surface area (TPSA) is 46.2 Å². The number of rotatable bonds is 3. The summed E-state index contributed by atoms with van der Waals surface area (Å²) in [5.74, 6) is 0. The van der Waals surface area contributed by atoms with E-state index in [2.05, 4.69) is 4.72 Å². The van der Waals surface area contributed by atoms with Crippen LogP contribution in [0.5, 0.6) is 0 Å². The largest absolute Gasteiger partial charge is 0.416 e. The molecule has 7 heteroatoms. The lowest BCUT2D eigenvalue weighted by Gasteiger charge is -2.17. The fourth-order valence-corrected chi connectivity index (χ4v) is 3.20. The van der Waals surface area contributed by atoms with Gasteiger partial charge in [0.1, 0.15) is 0 Å². The van der Waals surface area contributed by atoms with Crippen molar-refractivity contribution in [3.05, 3.63) is 59.2 Å². The molecule has 22 heavy (non-hydrogen) atoms. The van der Waals surface area contributed by atoms with Crippen molar-refractivity contribution in [2.24, 2.45) is 0 Å². The van der Waals surface area contributed by atoms with Gasteiger partial charge in [0.05, 0.1) is 16.1 Å². The van der Waals surface area contributed by atoms with E-state index in [1.54, 1.807) is 18.2 Å². The fraction of sp³-hybridized carbons (Fsp3) is 0.200. The van der Waals surface area contributed by atoms with Gasteiger partial charge in [0.2, 0.25) is 0 Å². The molecule has 0 bridgehead atoms. The molecule has 2 aromatic carbocycles. The third kappa shape index (κ3) is 3.41. The highest BCUT2D eigenvalue weighted by molar-refractivity contribution is 7.92. The Hall–Kier alpha value is -2.02. The van der Waals surface area contributed by atoms with Gasteiger partial charge < -0.3 is 0 Å². The van der Waals surface area contributed by atoms with Crippen molar-refractivity contribution >= 4 is 15.7 Å². The number of nitrogens with one attached hydrogen (secondary N) is 1. The third-order valence-electron chi connectivity index (χ3n) is 3.16. The van der Waals surface area contributed by atoms with Crippen LogP contribution in [0.4, 0.5) is 18.9 Å². The van der Waals surface area contributed by atoms with E-state index in [-0.39, 0.29) is 16.1 Å². The molecule has 0 amide bonds. The molecule has 2 rings (SSSR count). The molecule has 2 aromatic rings. The minimum absolute atomic E-state index is 0.00975. The van der Waals surface area contributed by atoms with Crippen LogP contribution in [0.1, 0.15) is 16.7 Å². The van der Waals surface area contributed by atoms with Crippen molar-refractivity contribution in [2.45, 2.75) is 24.9 Å². The molecule has 0 unspecified atom stereocenters. The van der Waals surface area contributed by atoms with E-state index < -0.39 is 21.8 Å². The maximum absolute atomic E-state index is 13.0. The molecule has 0 fully saturated rings. The number of sulfonamides is 1. The number of alkyl halides is 3. The van der Waals surface area contributed by atoms with Gasteiger partial charge in [0, 0.05) is 0 Å². The van der Waals surface area contributed by atoms with Crippen molar-refractivity contribution in [1.82, 2.24) is 0 Å². The van der Waals surface area contributed by atoms with Gasteiger partial charge in [0.15, 0.2) is 0 Å². The van der Waals surface area contributed by atoms with Crippen LogP contribution in [-0.4, -0.2) is 8.42 Å². The van der Waals surface area contributed by atoms with Gasteiger partial charge in [0.25, 0.3) is 10.0 Å².